The molecule has 50 heavy (non-hydrogen) atoms. The normalized spacial score (nSPS) is 11.6. The predicted octanol–water partition coefficient (Wildman–Crippen LogP) is 14.6. The summed E-state index contributed by atoms with van der Waals surface area (Å²) in [6, 6.07) is 41.4. The summed E-state index contributed by atoms with van der Waals surface area (Å²) in [4.78, 5) is 0. The second-order valence-corrected chi connectivity index (χ2v) is 15.4. The van der Waals surface area contributed by atoms with E-state index < -0.39 is 0 Å². The molecule has 0 fully saturated rings. The maximum absolute atomic E-state index is 3.67. The van der Waals surface area contributed by atoms with E-state index >= 15 is 0 Å². The van der Waals surface area contributed by atoms with Crippen molar-refractivity contribution >= 4 is 21.5 Å². The molecule has 0 saturated heterocycles. The summed E-state index contributed by atoms with van der Waals surface area (Å²) in [5.41, 5.74) is 12.7. The van der Waals surface area contributed by atoms with Crippen molar-refractivity contribution in [3.05, 3.63) is 151 Å². The summed E-state index contributed by atoms with van der Waals surface area (Å²) in [7, 11) is 0. The summed E-state index contributed by atoms with van der Waals surface area (Å²) >= 11 is 0. The van der Waals surface area contributed by atoms with Gasteiger partial charge in [0.25, 0.3) is 0 Å². The van der Waals surface area contributed by atoms with Gasteiger partial charge >= 0.3 is 21.7 Å². The second-order valence-electron chi connectivity index (χ2n) is 15.4. The average Bonchev–Trinajstić information content (AvgIpc) is 3.66. The molecule has 0 atom stereocenters. The molecule has 0 spiro atoms. The van der Waals surface area contributed by atoms with Gasteiger partial charge in [-0.2, -0.15) is 42.7 Å². The quantitative estimate of drug-likeness (QED) is 0.128. The third kappa shape index (κ3) is 10.1. The van der Waals surface area contributed by atoms with Crippen LogP contribution in [0.3, 0.4) is 0 Å². The molecule has 1 aliphatic rings. The van der Waals surface area contributed by atoms with Crippen LogP contribution in [0, 0.1) is 26.8 Å². The van der Waals surface area contributed by atoms with Gasteiger partial charge in [-0.05, 0) is 33.6 Å². The first-order valence-corrected chi connectivity index (χ1v) is 18.2. The zero-order valence-electron chi connectivity index (χ0n) is 32.3. The molecule has 0 nitrogen and oxygen atoms in total. The number of hydrogen-bond donors (Lipinski definition) is 0. The zero-order valence-corrected chi connectivity index (χ0v) is 33.8. The predicted molar refractivity (Wildman–Crippen MR) is 219 cm³/mol. The van der Waals surface area contributed by atoms with E-state index in [9.17, 15) is 0 Å². The Morgan fingerprint density at radius 3 is 1.86 bits per heavy atom. The van der Waals surface area contributed by atoms with Gasteiger partial charge in [0, 0.05) is 0 Å². The Balaban J connectivity index is 0.000000220. The van der Waals surface area contributed by atoms with Gasteiger partial charge in [-0.1, -0.05) is 170 Å². The maximum Gasteiger partial charge on any atom is 4.00 e. The van der Waals surface area contributed by atoms with E-state index in [0.29, 0.717) is 0 Å². The molecule has 258 valence electrons. The van der Waals surface area contributed by atoms with Gasteiger partial charge in [0.1, 0.15) is 0 Å². The number of rotatable bonds is 3. The van der Waals surface area contributed by atoms with Crippen molar-refractivity contribution in [3.8, 4) is 22.3 Å². The summed E-state index contributed by atoms with van der Waals surface area (Å²) < 4.78 is 0. The molecular formula is C49H58Ti. The van der Waals surface area contributed by atoms with Crippen LogP contribution in [0.25, 0.3) is 43.8 Å². The number of aryl methyl sites for hydroxylation is 1. The molecule has 0 bridgehead atoms. The summed E-state index contributed by atoms with van der Waals surface area (Å²) in [6.07, 6.45) is 5.58. The zero-order chi connectivity index (χ0) is 35.8. The fourth-order valence-electron chi connectivity index (χ4n) is 6.09. The van der Waals surface area contributed by atoms with E-state index in [-0.39, 0.29) is 32.5 Å². The van der Waals surface area contributed by atoms with Gasteiger partial charge in [-0.25, -0.2) is 0 Å². The Morgan fingerprint density at radius 2 is 1.24 bits per heavy atom. The number of unbranched alkanes of at least 4 members (excludes halogenated alkanes) is 2. The minimum atomic E-state index is 0. The molecule has 0 unspecified atom stereocenters. The van der Waals surface area contributed by atoms with Crippen molar-refractivity contribution < 1.29 is 21.7 Å². The standard InChI is InChI=1S/C21H25.C20H15.2C4H9.Ti/c1-20(2,3)16-9-10-18-15(12-16)11-14-7-8-17(13-19(14)18)21(4,5)6;1-14-12-16-8-5-11-19(20(16)13-14)18-10-4-7-15-6-2-3-9-17(15)18;2*1-3-4-2;/h7-10,13H,11H2,1-6H3;2-13H,1H3;2*1,3-4H2,2H3;/q4*-1;+4. The molecule has 0 N–H and O–H groups in total. The third-order valence-electron chi connectivity index (χ3n) is 9.15. The van der Waals surface area contributed by atoms with Crippen LogP contribution in [-0.2, 0) is 39.0 Å². The Bertz CT molecular complexity index is 1940. The summed E-state index contributed by atoms with van der Waals surface area (Å²) in [5, 5.41) is 5.29. The molecule has 0 aromatic heterocycles. The van der Waals surface area contributed by atoms with Crippen LogP contribution in [-0.4, -0.2) is 0 Å². The van der Waals surface area contributed by atoms with Crippen LogP contribution < -0.4 is 0 Å². The van der Waals surface area contributed by atoms with Crippen molar-refractivity contribution in [1.82, 2.24) is 0 Å². The van der Waals surface area contributed by atoms with Crippen molar-refractivity contribution in [2.45, 2.75) is 105 Å². The van der Waals surface area contributed by atoms with Gasteiger partial charge in [0.05, 0.1) is 0 Å². The van der Waals surface area contributed by atoms with Crippen LogP contribution in [0.2, 0.25) is 0 Å². The van der Waals surface area contributed by atoms with Crippen LogP contribution in [0.15, 0.2) is 103 Å². The molecule has 7 rings (SSSR count). The topological polar surface area (TPSA) is 0 Å². The molecule has 0 saturated carbocycles. The number of fused-ring (bicyclic) bond motifs is 5. The van der Waals surface area contributed by atoms with E-state index in [2.05, 4.69) is 185 Å². The molecule has 1 heteroatoms. The maximum atomic E-state index is 3.67. The molecule has 0 aliphatic heterocycles. The fourth-order valence-corrected chi connectivity index (χ4v) is 6.09. The second kappa shape index (κ2) is 18.3. The van der Waals surface area contributed by atoms with Crippen molar-refractivity contribution in [2.75, 3.05) is 0 Å². The SMILES string of the molecule is CC(C)(C)c1[c-]c2c(cc1)-c1cc(C(C)(C)C)ccc1C2.Cc1cc2cccc(-c3cccc4ccccc34)c2[cH-]1.[CH2-]CCC.[CH2-]CCC.[Ti+4]. The third-order valence-corrected chi connectivity index (χ3v) is 9.15. The Kier molecular flexibility index (Phi) is 15.0. The first kappa shape index (κ1) is 41.1. The minimum absolute atomic E-state index is 0. The smallest absolute Gasteiger partial charge is 0.343 e. The molecule has 6 aromatic carbocycles. The molecule has 0 radical (unpaired) electrons. The fraction of sp³-hybridized carbons (Fsp3) is 0.327. The molecule has 1 aliphatic carbocycles. The van der Waals surface area contributed by atoms with Gasteiger partial charge in [0.2, 0.25) is 0 Å². The van der Waals surface area contributed by atoms with E-state index in [0.717, 1.165) is 19.3 Å². The van der Waals surface area contributed by atoms with Gasteiger partial charge < -0.3 is 13.8 Å². The van der Waals surface area contributed by atoms with Gasteiger partial charge in [-0.3, -0.25) is 0 Å². The van der Waals surface area contributed by atoms with Crippen LogP contribution in [0.1, 0.15) is 109 Å². The van der Waals surface area contributed by atoms with Crippen molar-refractivity contribution in [2.24, 2.45) is 0 Å². The first-order chi connectivity index (χ1) is 23.3. The molecule has 0 amide bonds. The van der Waals surface area contributed by atoms with E-state index in [1.165, 1.54) is 84.5 Å². The minimum Gasteiger partial charge on any atom is -0.343 e. The average molecular weight is 695 g/mol. The Morgan fingerprint density at radius 1 is 0.640 bits per heavy atom. The summed E-state index contributed by atoms with van der Waals surface area (Å²) in [6.45, 7) is 27.2. The van der Waals surface area contributed by atoms with Crippen LogP contribution >= 0.6 is 0 Å². The van der Waals surface area contributed by atoms with E-state index in [1.54, 1.807) is 0 Å². The molecular weight excluding hydrogens is 636 g/mol. The molecule has 6 aromatic rings. The van der Waals surface area contributed by atoms with Crippen LogP contribution in [0.5, 0.6) is 0 Å². The van der Waals surface area contributed by atoms with Crippen LogP contribution in [0.4, 0.5) is 0 Å². The number of hydrogen-bond acceptors (Lipinski definition) is 0. The Hall–Kier alpha value is -3.32. The number of benzene rings is 5. The largest absolute Gasteiger partial charge is 4.00 e. The summed E-state index contributed by atoms with van der Waals surface area (Å²) in [5.74, 6) is 0. The van der Waals surface area contributed by atoms with E-state index in [4.69, 9.17) is 0 Å². The first-order valence-electron chi connectivity index (χ1n) is 18.2. The Labute approximate surface area is 320 Å². The van der Waals surface area contributed by atoms with Gasteiger partial charge in [-0.15, -0.1) is 39.6 Å². The van der Waals surface area contributed by atoms with E-state index in [1.807, 2.05) is 0 Å². The van der Waals surface area contributed by atoms with Crippen molar-refractivity contribution in [1.29, 1.82) is 0 Å². The van der Waals surface area contributed by atoms with Gasteiger partial charge in [0.15, 0.2) is 0 Å². The molecule has 0 heterocycles. The monoisotopic (exact) mass is 694 g/mol. The van der Waals surface area contributed by atoms with Crippen molar-refractivity contribution in [3.63, 3.8) is 0 Å².